The van der Waals surface area contributed by atoms with Crippen LogP contribution in [-0.4, -0.2) is 37.9 Å². The summed E-state index contributed by atoms with van der Waals surface area (Å²) < 4.78 is 5.09. The molecule has 1 heterocycles. The molecule has 1 aromatic rings. The van der Waals surface area contributed by atoms with Crippen molar-refractivity contribution in [2.45, 2.75) is 12.8 Å². The van der Waals surface area contributed by atoms with Gasteiger partial charge in [0.15, 0.2) is 0 Å². The van der Waals surface area contributed by atoms with E-state index < -0.39 is 5.97 Å². The summed E-state index contributed by atoms with van der Waals surface area (Å²) in [7, 11) is 1.69. The summed E-state index contributed by atoms with van der Waals surface area (Å²) in [5.74, 6) is -0.859. The molecule has 0 spiro atoms. The molecule has 2 rings (SSSR count). The molecule has 0 aromatic heterocycles. The van der Waals surface area contributed by atoms with Crippen molar-refractivity contribution in [2.75, 3.05) is 31.7 Å². The number of methoxy groups -OCH3 is 1. The lowest BCUT2D eigenvalue weighted by Crippen LogP contribution is -2.32. The standard InChI is InChI=1S/C13H17NO3/c1-17-8-7-14-6-2-3-10-9-11(13(15)16)4-5-12(10)14/h4-5,9H,2-3,6-8H2,1H3,(H,15,16). The first kappa shape index (κ1) is 11.9. The normalized spacial score (nSPS) is 14.5. The zero-order valence-corrected chi connectivity index (χ0v) is 9.98. The Morgan fingerprint density at radius 1 is 1.53 bits per heavy atom. The first-order valence-electron chi connectivity index (χ1n) is 5.82. The highest BCUT2D eigenvalue weighted by atomic mass is 16.5. The van der Waals surface area contributed by atoms with Crippen molar-refractivity contribution >= 4 is 11.7 Å². The molecule has 0 radical (unpaired) electrons. The second kappa shape index (κ2) is 5.19. The Bertz CT molecular complexity index is 417. The number of carboxylic acid groups (broad SMARTS) is 1. The average Bonchev–Trinajstić information content (AvgIpc) is 2.35. The zero-order chi connectivity index (χ0) is 12.3. The Balaban J connectivity index is 2.23. The van der Waals surface area contributed by atoms with Gasteiger partial charge in [0.25, 0.3) is 0 Å². The molecular weight excluding hydrogens is 218 g/mol. The van der Waals surface area contributed by atoms with Gasteiger partial charge in [0, 0.05) is 25.9 Å². The molecule has 92 valence electrons. The summed E-state index contributed by atoms with van der Waals surface area (Å²) in [6.07, 6.45) is 2.03. The molecule has 1 aromatic carbocycles. The third-order valence-corrected chi connectivity index (χ3v) is 3.11. The van der Waals surface area contributed by atoms with Crippen molar-refractivity contribution in [3.63, 3.8) is 0 Å². The maximum atomic E-state index is 10.9. The Hall–Kier alpha value is -1.55. The van der Waals surface area contributed by atoms with Crippen LogP contribution in [0.5, 0.6) is 0 Å². The minimum Gasteiger partial charge on any atom is -0.478 e. The molecule has 0 fully saturated rings. The van der Waals surface area contributed by atoms with Crippen molar-refractivity contribution in [2.24, 2.45) is 0 Å². The Morgan fingerprint density at radius 2 is 2.35 bits per heavy atom. The molecule has 4 nitrogen and oxygen atoms in total. The Labute approximate surface area is 101 Å². The molecule has 0 aliphatic carbocycles. The summed E-state index contributed by atoms with van der Waals surface area (Å²) >= 11 is 0. The summed E-state index contributed by atoms with van der Waals surface area (Å²) in [5.41, 5.74) is 2.66. The van der Waals surface area contributed by atoms with Crippen LogP contribution in [0.4, 0.5) is 5.69 Å². The van der Waals surface area contributed by atoms with Crippen LogP contribution in [0.15, 0.2) is 18.2 Å². The van der Waals surface area contributed by atoms with Crippen LogP contribution in [0.25, 0.3) is 0 Å². The predicted octanol–water partition coefficient (Wildman–Crippen LogP) is 1.78. The Morgan fingerprint density at radius 3 is 3.06 bits per heavy atom. The first-order valence-corrected chi connectivity index (χ1v) is 5.82. The van der Waals surface area contributed by atoms with Crippen molar-refractivity contribution in [1.82, 2.24) is 0 Å². The highest BCUT2D eigenvalue weighted by Gasteiger charge is 2.17. The number of aryl methyl sites for hydroxylation is 1. The van der Waals surface area contributed by atoms with Crippen LogP contribution >= 0.6 is 0 Å². The number of carbonyl (C=O) groups is 1. The van der Waals surface area contributed by atoms with Gasteiger partial charge in [0.1, 0.15) is 0 Å². The van der Waals surface area contributed by atoms with Gasteiger partial charge in [-0.15, -0.1) is 0 Å². The number of benzene rings is 1. The number of rotatable bonds is 4. The van der Waals surface area contributed by atoms with Gasteiger partial charge < -0.3 is 14.7 Å². The van der Waals surface area contributed by atoms with Crippen molar-refractivity contribution in [3.05, 3.63) is 29.3 Å². The van der Waals surface area contributed by atoms with E-state index in [1.54, 1.807) is 19.2 Å². The van der Waals surface area contributed by atoms with E-state index in [1.807, 2.05) is 6.07 Å². The number of anilines is 1. The fraction of sp³-hybridized carbons (Fsp3) is 0.462. The van der Waals surface area contributed by atoms with Crippen LogP contribution in [0.3, 0.4) is 0 Å². The zero-order valence-electron chi connectivity index (χ0n) is 9.98. The van der Waals surface area contributed by atoms with Gasteiger partial charge in [-0.05, 0) is 36.6 Å². The fourth-order valence-corrected chi connectivity index (χ4v) is 2.24. The lowest BCUT2D eigenvalue weighted by molar-refractivity contribution is 0.0696. The topological polar surface area (TPSA) is 49.8 Å². The van der Waals surface area contributed by atoms with E-state index in [0.717, 1.165) is 37.2 Å². The van der Waals surface area contributed by atoms with Crippen LogP contribution in [-0.2, 0) is 11.2 Å². The number of hydrogen-bond donors (Lipinski definition) is 1. The van der Waals surface area contributed by atoms with Crippen LogP contribution in [0.1, 0.15) is 22.3 Å². The number of nitrogens with zero attached hydrogens (tertiary/aromatic N) is 1. The van der Waals surface area contributed by atoms with Gasteiger partial charge in [0.05, 0.1) is 12.2 Å². The van der Waals surface area contributed by atoms with E-state index in [9.17, 15) is 4.79 Å². The lowest BCUT2D eigenvalue weighted by Gasteiger charge is -2.31. The van der Waals surface area contributed by atoms with Gasteiger partial charge in [-0.3, -0.25) is 0 Å². The van der Waals surface area contributed by atoms with Gasteiger partial charge in [-0.25, -0.2) is 4.79 Å². The first-order chi connectivity index (χ1) is 8.22. The molecule has 1 aliphatic heterocycles. The number of carboxylic acids is 1. The predicted molar refractivity (Wildman–Crippen MR) is 65.8 cm³/mol. The molecule has 0 unspecified atom stereocenters. The molecule has 1 N–H and O–H groups in total. The van der Waals surface area contributed by atoms with Crippen molar-refractivity contribution < 1.29 is 14.6 Å². The fourth-order valence-electron chi connectivity index (χ4n) is 2.24. The van der Waals surface area contributed by atoms with E-state index in [-0.39, 0.29) is 0 Å². The summed E-state index contributed by atoms with van der Waals surface area (Å²) in [6.45, 7) is 2.57. The molecule has 0 bridgehead atoms. The summed E-state index contributed by atoms with van der Waals surface area (Å²) in [6, 6.07) is 5.37. The molecule has 17 heavy (non-hydrogen) atoms. The minimum absolute atomic E-state index is 0.373. The molecule has 0 saturated heterocycles. The SMILES string of the molecule is COCCN1CCCc2cc(C(=O)O)ccc21. The van der Waals surface area contributed by atoms with Crippen molar-refractivity contribution in [3.8, 4) is 0 Å². The van der Waals surface area contributed by atoms with Crippen LogP contribution < -0.4 is 4.90 Å². The molecule has 4 heteroatoms. The number of ether oxygens (including phenoxy) is 1. The molecule has 0 saturated carbocycles. The molecule has 0 amide bonds. The molecule has 1 aliphatic rings. The minimum atomic E-state index is -0.859. The Kier molecular flexibility index (Phi) is 3.64. The number of hydrogen-bond acceptors (Lipinski definition) is 3. The van der Waals surface area contributed by atoms with Crippen LogP contribution in [0, 0.1) is 0 Å². The number of fused-ring (bicyclic) bond motifs is 1. The quantitative estimate of drug-likeness (QED) is 0.864. The highest BCUT2D eigenvalue weighted by molar-refractivity contribution is 5.88. The van der Waals surface area contributed by atoms with Gasteiger partial charge in [-0.2, -0.15) is 0 Å². The van der Waals surface area contributed by atoms with E-state index in [2.05, 4.69) is 4.90 Å². The van der Waals surface area contributed by atoms with Crippen molar-refractivity contribution in [1.29, 1.82) is 0 Å². The maximum absolute atomic E-state index is 10.9. The maximum Gasteiger partial charge on any atom is 0.335 e. The largest absolute Gasteiger partial charge is 0.478 e. The average molecular weight is 235 g/mol. The van der Waals surface area contributed by atoms with Gasteiger partial charge in [0.2, 0.25) is 0 Å². The third kappa shape index (κ3) is 2.58. The second-order valence-electron chi connectivity index (χ2n) is 4.23. The third-order valence-electron chi connectivity index (χ3n) is 3.11. The van der Waals surface area contributed by atoms with Gasteiger partial charge in [-0.1, -0.05) is 0 Å². The smallest absolute Gasteiger partial charge is 0.335 e. The van der Waals surface area contributed by atoms with Crippen LogP contribution in [0.2, 0.25) is 0 Å². The number of aromatic carboxylic acids is 1. The summed E-state index contributed by atoms with van der Waals surface area (Å²) in [5, 5.41) is 8.96. The lowest BCUT2D eigenvalue weighted by atomic mass is 9.99. The van der Waals surface area contributed by atoms with Gasteiger partial charge >= 0.3 is 5.97 Å². The second-order valence-corrected chi connectivity index (χ2v) is 4.23. The molecule has 0 atom stereocenters. The molecular formula is C13H17NO3. The van der Waals surface area contributed by atoms with E-state index in [4.69, 9.17) is 9.84 Å². The van der Waals surface area contributed by atoms with E-state index in [1.165, 1.54) is 0 Å². The van der Waals surface area contributed by atoms with E-state index in [0.29, 0.717) is 12.2 Å². The monoisotopic (exact) mass is 235 g/mol. The highest BCUT2D eigenvalue weighted by Crippen LogP contribution is 2.27. The van der Waals surface area contributed by atoms with E-state index >= 15 is 0 Å². The summed E-state index contributed by atoms with van der Waals surface area (Å²) in [4.78, 5) is 13.2.